The first-order valence-electron chi connectivity index (χ1n) is 16.6. The second-order valence-electron chi connectivity index (χ2n) is 12.3. The summed E-state index contributed by atoms with van der Waals surface area (Å²) in [5.41, 5.74) is 2.48. The van der Waals surface area contributed by atoms with E-state index in [1.165, 1.54) is 111 Å². The average molecular weight is 717 g/mol. The molecule has 2 unspecified atom stereocenters. The first-order valence-corrected chi connectivity index (χ1v) is 21.5. The van der Waals surface area contributed by atoms with Gasteiger partial charge in [-0.3, -0.25) is 0 Å². The lowest BCUT2D eigenvalue weighted by Gasteiger charge is -2.13. The Kier molecular flexibility index (Phi) is 11.2. The predicted molar refractivity (Wildman–Crippen MR) is 210 cm³/mol. The normalized spacial score (nSPS) is 13.0. The molecule has 0 aliphatic carbocycles. The summed E-state index contributed by atoms with van der Waals surface area (Å²) in [5.74, 6) is 1.33. The molecule has 0 spiro atoms. The topological polar surface area (TPSA) is 28.1 Å². The van der Waals surface area contributed by atoms with Crippen molar-refractivity contribution in [3.63, 3.8) is 0 Å². The molecule has 8 heteroatoms. The Morgan fingerprint density at radius 3 is 1.43 bits per heavy atom. The van der Waals surface area contributed by atoms with Crippen LogP contribution < -0.4 is 0 Å². The Bertz CT molecular complexity index is 1800. The van der Waals surface area contributed by atoms with Crippen molar-refractivity contribution in [2.75, 3.05) is 0 Å². The third kappa shape index (κ3) is 7.24. The highest BCUT2D eigenvalue weighted by Crippen LogP contribution is 2.49. The summed E-state index contributed by atoms with van der Waals surface area (Å²) in [6, 6.07) is 16.5. The summed E-state index contributed by atoms with van der Waals surface area (Å²) in [4.78, 5) is 12.5. The maximum absolute atomic E-state index is 9.87. The maximum Gasteiger partial charge on any atom is 0.244 e. The second-order valence-corrected chi connectivity index (χ2v) is 18.7. The molecule has 0 saturated carbocycles. The average Bonchev–Trinajstić information content (AvgIpc) is 3.89. The fraction of sp³-hybridized carbons (Fsp3) is 0.421. The number of nitriles is 1. The lowest BCUT2D eigenvalue weighted by Crippen LogP contribution is -2.03. The van der Waals surface area contributed by atoms with Crippen LogP contribution in [0.25, 0.3) is 52.9 Å². The summed E-state index contributed by atoms with van der Waals surface area (Å²) in [7, 11) is 0. The first-order chi connectivity index (χ1) is 22.5. The number of rotatable bonds is 15. The van der Waals surface area contributed by atoms with Gasteiger partial charge in [-0.25, -0.2) is 4.85 Å². The van der Waals surface area contributed by atoms with Crippen LogP contribution in [0.2, 0.25) is 0 Å². The van der Waals surface area contributed by atoms with Crippen molar-refractivity contribution in [3.05, 3.63) is 63.8 Å². The molecular formula is C38H40N2S6. The van der Waals surface area contributed by atoms with Crippen molar-refractivity contribution >= 4 is 91.8 Å². The molecule has 0 aliphatic heterocycles. The zero-order valence-electron chi connectivity index (χ0n) is 27.0. The van der Waals surface area contributed by atoms with Crippen LogP contribution in [0, 0.1) is 29.7 Å². The Morgan fingerprint density at radius 1 is 0.609 bits per heavy atom. The molecular weight excluding hydrogens is 677 g/mol. The fourth-order valence-corrected chi connectivity index (χ4v) is 13.2. The Balaban J connectivity index is 1.19. The minimum Gasteiger partial charge on any atom is -0.226 e. The van der Waals surface area contributed by atoms with Crippen molar-refractivity contribution in [3.8, 4) is 35.3 Å². The highest BCUT2D eigenvalue weighted by atomic mass is 32.1. The molecule has 2 atom stereocenters. The summed E-state index contributed by atoms with van der Waals surface area (Å²) in [6.45, 7) is 16.9. The zero-order valence-corrected chi connectivity index (χ0v) is 31.9. The minimum absolute atomic E-state index is 0.660. The molecule has 2 nitrogen and oxygen atoms in total. The van der Waals surface area contributed by atoms with E-state index < -0.39 is 0 Å². The third-order valence-corrected chi connectivity index (χ3v) is 16.4. The van der Waals surface area contributed by atoms with Crippen LogP contribution in [0.4, 0.5) is 5.00 Å². The van der Waals surface area contributed by atoms with Crippen molar-refractivity contribution in [1.29, 1.82) is 5.26 Å². The first kappa shape index (κ1) is 33.6. The van der Waals surface area contributed by atoms with Crippen LogP contribution in [-0.2, 0) is 12.8 Å². The van der Waals surface area contributed by atoms with Crippen molar-refractivity contribution in [2.24, 2.45) is 11.8 Å². The quantitative estimate of drug-likeness (QED) is 0.0973. The lowest BCUT2D eigenvalue weighted by atomic mass is 9.92. The van der Waals surface area contributed by atoms with Gasteiger partial charge in [-0.1, -0.05) is 85.1 Å². The predicted octanol–water partition coefficient (Wildman–Crippen LogP) is 15.3. The van der Waals surface area contributed by atoms with Gasteiger partial charge >= 0.3 is 0 Å². The molecule has 0 fully saturated rings. The number of nitrogens with zero attached hydrogens (tertiary/aromatic N) is 2. The van der Waals surface area contributed by atoms with Crippen molar-refractivity contribution in [1.82, 2.24) is 0 Å². The van der Waals surface area contributed by atoms with Gasteiger partial charge < -0.3 is 0 Å². The van der Waals surface area contributed by atoms with Gasteiger partial charge in [-0.15, -0.1) is 56.7 Å². The molecule has 0 saturated heterocycles. The van der Waals surface area contributed by atoms with Crippen molar-refractivity contribution in [2.45, 2.75) is 91.9 Å². The van der Waals surface area contributed by atoms with E-state index in [-0.39, 0.29) is 0 Å². The number of hydrogen-bond donors (Lipinski definition) is 0. The maximum atomic E-state index is 9.87. The summed E-state index contributed by atoms with van der Waals surface area (Å²) < 4.78 is 5.33. The van der Waals surface area contributed by atoms with Crippen LogP contribution in [0.1, 0.15) is 95.1 Å². The Morgan fingerprint density at radius 2 is 1.02 bits per heavy atom. The molecule has 0 radical (unpaired) electrons. The summed E-state index contributed by atoms with van der Waals surface area (Å²) >= 11 is 10.8. The second kappa shape index (κ2) is 15.3. The van der Waals surface area contributed by atoms with Gasteiger partial charge in [-0.05, 0) is 66.1 Å². The molecule has 46 heavy (non-hydrogen) atoms. The molecule has 0 amide bonds. The van der Waals surface area contributed by atoms with Crippen LogP contribution >= 0.6 is 68.0 Å². The lowest BCUT2D eigenvalue weighted by molar-refractivity contribution is 0.449. The number of unbranched alkanes of at least 4 members (excludes halogenated alkanes) is 2. The van der Waals surface area contributed by atoms with Crippen LogP contribution in [-0.4, -0.2) is 0 Å². The molecule has 6 rings (SSSR count). The molecule has 0 N–H and O–H groups in total. The number of fused-ring (bicyclic) bond motifs is 2. The molecule has 6 aromatic heterocycles. The van der Waals surface area contributed by atoms with Crippen LogP contribution in [0.5, 0.6) is 0 Å². The van der Waals surface area contributed by atoms with E-state index in [4.69, 9.17) is 6.57 Å². The fourth-order valence-electron chi connectivity index (χ4n) is 6.24. The standard InChI is InChI=1S/C38H40N2S6/c1-6-10-12-23(8-3)14-25-16-27(45-37(25)22-39)29-18-31-33(41-29)20-35(43-31)36-21-34-32(44-36)19-30(42-34)28-17-26(38(40-5)46-28)15-24(9-4)13-11-7-2/h16-21,23-24H,6-15H2,1-4H3. The van der Waals surface area contributed by atoms with E-state index in [9.17, 15) is 5.26 Å². The van der Waals surface area contributed by atoms with Gasteiger partial charge in [0.1, 0.15) is 10.9 Å². The van der Waals surface area contributed by atoms with Gasteiger partial charge in [0.15, 0.2) is 0 Å². The Labute approximate surface area is 297 Å². The van der Waals surface area contributed by atoms with Gasteiger partial charge in [0, 0.05) is 48.1 Å². The van der Waals surface area contributed by atoms with E-state index in [0.29, 0.717) is 11.8 Å². The Hall–Kier alpha value is -2.30. The molecule has 0 aromatic carbocycles. The van der Waals surface area contributed by atoms with Gasteiger partial charge in [-0.2, -0.15) is 16.6 Å². The molecule has 6 aromatic rings. The van der Waals surface area contributed by atoms with E-state index in [1.54, 1.807) is 22.7 Å². The van der Waals surface area contributed by atoms with Gasteiger partial charge in [0.25, 0.3) is 0 Å². The SMILES string of the molecule is [C-]#[N+]c1sc(-c2cc3sc(-c4cc5sc(-c6cc(CC(CC)CCCC)c(C#N)s6)cc5s4)cc3s2)cc1CC(CC)CCCC. The van der Waals surface area contributed by atoms with Crippen molar-refractivity contribution < 1.29 is 0 Å². The highest BCUT2D eigenvalue weighted by molar-refractivity contribution is 7.36. The molecule has 6 heterocycles. The van der Waals surface area contributed by atoms with Crippen LogP contribution in [0.15, 0.2) is 36.4 Å². The monoisotopic (exact) mass is 716 g/mol. The number of thiophene rings is 6. The van der Waals surface area contributed by atoms with E-state index in [1.807, 2.05) is 45.3 Å². The third-order valence-electron chi connectivity index (χ3n) is 9.05. The minimum atomic E-state index is 0.660. The van der Waals surface area contributed by atoms with E-state index in [2.05, 4.69) is 75.0 Å². The summed E-state index contributed by atoms with van der Waals surface area (Å²) in [5, 5.41) is 10.7. The largest absolute Gasteiger partial charge is 0.244 e. The zero-order chi connectivity index (χ0) is 32.2. The number of hydrogen-bond acceptors (Lipinski definition) is 7. The molecule has 0 aliphatic rings. The molecule has 238 valence electrons. The highest BCUT2D eigenvalue weighted by Gasteiger charge is 2.20. The summed E-state index contributed by atoms with van der Waals surface area (Å²) in [6.07, 6.45) is 11.9. The van der Waals surface area contributed by atoms with Gasteiger partial charge in [0.05, 0.1) is 6.57 Å². The smallest absolute Gasteiger partial charge is 0.226 e. The van der Waals surface area contributed by atoms with E-state index in [0.717, 1.165) is 22.7 Å². The molecule has 0 bridgehead atoms. The van der Waals surface area contributed by atoms with Crippen LogP contribution in [0.3, 0.4) is 0 Å². The van der Waals surface area contributed by atoms with Gasteiger partial charge in [0.2, 0.25) is 5.00 Å². The van der Waals surface area contributed by atoms with E-state index >= 15 is 0 Å².